The van der Waals surface area contributed by atoms with Gasteiger partial charge in [-0.05, 0) is 38.0 Å². The van der Waals surface area contributed by atoms with Gasteiger partial charge >= 0.3 is 12.1 Å². The largest absolute Gasteiger partial charge is 0.493 e. The number of aromatic nitrogens is 6. The van der Waals surface area contributed by atoms with Gasteiger partial charge in [0.2, 0.25) is 11.8 Å². The molecule has 2 N–H and O–H groups in total. The van der Waals surface area contributed by atoms with Crippen molar-refractivity contribution < 1.29 is 36.2 Å². The van der Waals surface area contributed by atoms with E-state index in [1.54, 1.807) is 0 Å². The van der Waals surface area contributed by atoms with E-state index in [1.807, 2.05) is 0 Å². The lowest BCUT2D eigenvalue weighted by Gasteiger charge is -2.23. The number of carbonyl (C=O) groups excluding carboxylic acids is 1. The van der Waals surface area contributed by atoms with Crippen LogP contribution >= 0.6 is 11.6 Å². The molecule has 1 aromatic carbocycles. The molecule has 0 bridgehead atoms. The molecule has 39 heavy (non-hydrogen) atoms. The van der Waals surface area contributed by atoms with Crippen molar-refractivity contribution in [3.05, 3.63) is 57.9 Å². The van der Waals surface area contributed by atoms with Crippen LogP contribution in [0.25, 0.3) is 17.2 Å². The first-order valence-electron chi connectivity index (χ1n) is 11.2. The molecule has 0 radical (unpaired) electrons. The van der Waals surface area contributed by atoms with Gasteiger partial charge in [-0.2, -0.15) is 32.0 Å². The van der Waals surface area contributed by atoms with E-state index in [4.69, 9.17) is 11.6 Å². The van der Waals surface area contributed by atoms with Gasteiger partial charge in [-0.3, -0.25) is 4.79 Å². The van der Waals surface area contributed by atoms with Crippen molar-refractivity contribution in [3.8, 4) is 17.4 Å². The monoisotopic (exact) mass is 571 g/mol. The zero-order valence-corrected chi connectivity index (χ0v) is 20.7. The molecular weight excluding hydrogens is 556 g/mol. The molecule has 5 rings (SSSR count). The fourth-order valence-corrected chi connectivity index (χ4v) is 4.41. The van der Waals surface area contributed by atoms with Crippen molar-refractivity contribution in [1.29, 1.82) is 0 Å². The highest BCUT2D eigenvalue weighted by atomic mass is 35.5. The third kappa shape index (κ3) is 4.30. The van der Waals surface area contributed by atoms with E-state index >= 15 is 0 Å². The molecule has 0 saturated carbocycles. The number of amides is 1. The van der Waals surface area contributed by atoms with Crippen LogP contribution in [0.3, 0.4) is 0 Å². The van der Waals surface area contributed by atoms with E-state index in [1.165, 1.54) is 32.2 Å². The fourth-order valence-electron chi connectivity index (χ4n) is 4.29. The molecule has 0 saturated heterocycles. The van der Waals surface area contributed by atoms with E-state index in [-0.39, 0.29) is 50.7 Å². The first-order chi connectivity index (χ1) is 18.1. The van der Waals surface area contributed by atoms with Gasteiger partial charge in [0.05, 0.1) is 22.5 Å². The van der Waals surface area contributed by atoms with Crippen LogP contribution in [0.1, 0.15) is 36.0 Å². The summed E-state index contributed by atoms with van der Waals surface area (Å²) in [4.78, 5) is 29.4. The third-order valence-electron chi connectivity index (χ3n) is 6.39. The molecule has 1 atom stereocenters. The Morgan fingerprint density at radius 3 is 2.51 bits per heavy atom. The van der Waals surface area contributed by atoms with Crippen molar-refractivity contribution in [2.24, 2.45) is 0 Å². The van der Waals surface area contributed by atoms with Crippen LogP contribution in [-0.2, 0) is 16.6 Å². The van der Waals surface area contributed by atoms with Crippen molar-refractivity contribution in [2.45, 2.75) is 44.2 Å². The summed E-state index contributed by atoms with van der Waals surface area (Å²) in [6.07, 6.45) is -6.93. The second-order valence-electron chi connectivity index (χ2n) is 9.00. The average molecular weight is 572 g/mol. The third-order valence-corrected chi connectivity index (χ3v) is 6.69. The second-order valence-corrected chi connectivity index (χ2v) is 9.41. The standard InChI is InChI=1S/C23H16ClF6N7O2/c1-9-31-18-13(5-6-22(26,27)23(28,29)30)32-14(8-37(18)36-9)16-33-17-15(19(38)34-16)21(2,20(39)35-17)10-3-4-11(24)12(25)7-10/h3-4,7-8H,5-6H2,1-2H3,(H2,33,34,35,38,39). The van der Waals surface area contributed by atoms with Gasteiger partial charge in [0.15, 0.2) is 11.5 Å². The molecule has 0 fully saturated rings. The number of aromatic hydroxyl groups is 1. The number of nitrogens with one attached hydrogen (secondary N) is 1. The number of anilines is 1. The molecule has 1 aliphatic heterocycles. The van der Waals surface area contributed by atoms with Crippen LogP contribution in [0.4, 0.5) is 32.2 Å². The number of hydrogen-bond donors (Lipinski definition) is 2. The van der Waals surface area contributed by atoms with Crippen molar-refractivity contribution in [1.82, 2.24) is 29.5 Å². The Labute approximate surface area is 219 Å². The highest BCUT2D eigenvalue weighted by Crippen LogP contribution is 2.46. The van der Waals surface area contributed by atoms with Gasteiger partial charge in [-0.15, -0.1) is 0 Å². The number of nitrogens with zero attached hydrogens (tertiary/aromatic N) is 6. The number of halogens is 7. The van der Waals surface area contributed by atoms with Gasteiger partial charge < -0.3 is 10.4 Å². The average Bonchev–Trinajstić information content (AvgIpc) is 3.34. The summed E-state index contributed by atoms with van der Waals surface area (Å²) < 4.78 is 80.7. The summed E-state index contributed by atoms with van der Waals surface area (Å²) in [5.41, 5.74) is -1.98. The van der Waals surface area contributed by atoms with Gasteiger partial charge in [0.25, 0.3) is 0 Å². The molecule has 4 heterocycles. The maximum Gasteiger partial charge on any atom is 0.453 e. The molecular formula is C23H16ClF6N7O2. The van der Waals surface area contributed by atoms with Crippen molar-refractivity contribution in [3.63, 3.8) is 0 Å². The Morgan fingerprint density at radius 1 is 1.13 bits per heavy atom. The SMILES string of the molecule is Cc1nc2c(CCC(F)(F)C(F)(F)F)nc(-c3nc(O)c4c(n3)NC(=O)C4(C)c3ccc(Cl)c(F)c3)cn2n1. The molecule has 0 aliphatic carbocycles. The Balaban J connectivity index is 1.59. The molecule has 0 spiro atoms. The number of benzene rings is 1. The number of rotatable bonds is 5. The zero-order valence-electron chi connectivity index (χ0n) is 19.9. The van der Waals surface area contributed by atoms with Crippen LogP contribution in [0.15, 0.2) is 24.4 Å². The molecule has 1 amide bonds. The Morgan fingerprint density at radius 2 is 1.85 bits per heavy atom. The maximum atomic E-state index is 14.2. The summed E-state index contributed by atoms with van der Waals surface area (Å²) >= 11 is 5.75. The zero-order chi connectivity index (χ0) is 28.5. The van der Waals surface area contributed by atoms with Crippen LogP contribution in [0.2, 0.25) is 5.02 Å². The van der Waals surface area contributed by atoms with E-state index in [0.717, 1.165) is 10.6 Å². The summed E-state index contributed by atoms with van der Waals surface area (Å²) in [6, 6.07) is 3.69. The molecule has 204 valence electrons. The predicted molar refractivity (Wildman–Crippen MR) is 124 cm³/mol. The lowest BCUT2D eigenvalue weighted by molar-refractivity contribution is -0.284. The summed E-state index contributed by atoms with van der Waals surface area (Å²) in [7, 11) is 0. The normalized spacial score (nSPS) is 17.5. The number of aryl methyl sites for hydroxylation is 2. The molecule has 1 unspecified atom stereocenters. The summed E-state index contributed by atoms with van der Waals surface area (Å²) in [5, 5.41) is 17.2. The topological polar surface area (TPSA) is 118 Å². The van der Waals surface area contributed by atoms with Gasteiger partial charge in [-0.25, -0.2) is 23.9 Å². The quantitative estimate of drug-likeness (QED) is 0.331. The van der Waals surface area contributed by atoms with Gasteiger partial charge in [0.1, 0.15) is 28.6 Å². The highest BCUT2D eigenvalue weighted by Gasteiger charge is 2.56. The molecule has 9 nitrogen and oxygen atoms in total. The van der Waals surface area contributed by atoms with Crippen LogP contribution < -0.4 is 5.32 Å². The smallest absolute Gasteiger partial charge is 0.453 e. The number of alkyl halides is 5. The van der Waals surface area contributed by atoms with E-state index in [0.29, 0.717) is 0 Å². The summed E-state index contributed by atoms with van der Waals surface area (Å²) in [5.74, 6) is -7.35. The minimum Gasteiger partial charge on any atom is -0.493 e. The highest BCUT2D eigenvalue weighted by molar-refractivity contribution is 6.30. The molecule has 1 aliphatic rings. The Kier molecular flexibility index (Phi) is 5.97. The minimum atomic E-state index is -5.75. The second kappa shape index (κ2) is 8.76. The molecule has 3 aromatic heterocycles. The number of carbonyl (C=O) groups is 1. The van der Waals surface area contributed by atoms with Crippen LogP contribution in [0.5, 0.6) is 5.88 Å². The number of fused-ring (bicyclic) bond motifs is 2. The van der Waals surface area contributed by atoms with E-state index in [9.17, 15) is 36.2 Å². The maximum absolute atomic E-state index is 14.2. The van der Waals surface area contributed by atoms with Gasteiger partial charge in [-0.1, -0.05) is 17.7 Å². The summed E-state index contributed by atoms with van der Waals surface area (Å²) in [6.45, 7) is 2.90. The van der Waals surface area contributed by atoms with Gasteiger partial charge in [0, 0.05) is 6.42 Å². The number of hydrogen-bond acceptors (Lipinski definition) is 7. The first kappa shape index (κ1) is 26.6. The fraction of sp³-hybridized carbons (Fsp3) is 0.304. The molecule has 4 aromatic rings. The Hall–Kier alpha value is -4.01. The lowest BCUT2D eigenvalue weighted by atomic mass is 9.78. The lowest BCUT2D eigenvalue weighted by Crippen LogP contribution is -2.36. The van der Waals surface area contributed by atoms with Crippen LogP contribution in [-0.4, -0.2) is 52.7 Å². The first-order valence-corrected chi connectivity index (χ1v) is 11.6. The minimum absolute atomic E-state index is 0.0507. The van der Waals surface area contributed by atoms with E-state index in [2.05, 4.69) is 30.4 Å². The molecule has 16 heteroatoms. The van der Waals surface area contributed by atoms with Crippen molar-refractivity contribution in [2.75, 3.05) is 5.32 Å². The van der Waals surface area contributed by atoms with Crippen molar-refractivity contribution >= 4 is 29.0 Å². The van der Waals surface area contributed by atoms with E-state index < -0.39 is 48.0 Å². The van der Waals surface area contributed by atoms with Crippen LogP contribution in [0, 0.1) is 12.7 Å². The Bertz CT molecular complexity index is 1660. The predicted octanol–water partition coefficient (Wildman–Crippen LogP) is 4.78.